The highest BCUT2D eigenvalue weighted by molar-refractivity contribution is 5.66. The van der Waals surface area contributed by atoms with Crippen molar-refractivity contribution in [2.45, 2.75) is 58.3 Å². The van der Waals surface area contributed by atoms with Gasteiger partial charge in [-0.1, -0.05) is 67.7 Å². The summed E-state index contributed by atoms with van der Waals surface area (Å²) in [6.07, 6.45) is 28.1. The van der Waals surface area contributed by atoms with Gasteiger partial charge in [0.15, 0.2) is 0 Å². The standard InChI is InChI=1S/C22H32O3/c1-2-3-4-15-18-21(23)19-16-13-11-9-7-5-6-8-10-12-14-17-20-22(24)25/h3-4,6-9,12-14,16,19,23H,2,5,10-11,15,17-18,20H2,1H3,(H,24,25)/b4-3-,8-6-,9-7-,14-12-,16-13-,21-19-. The highest BCUT2D eigenvalue weighted by atomic mass is 16.4. The fourth-order valence-corrected chi connectivity index (χ4v) is 1.90. The Hall–Kier alpha value is -2.29. The predicted octanol–water partition coefficient (Wildman–Crippen LogP) is 6.43. The molecule has 0 rings (SSSR count). The van der Waals surface area contributed by atoms with Crippen LogP contribution in [-0.2, 0) is 4.79 Å². The lowest BCUT2D eigenvalue weighted by Gasteiger charge is -1.93. The monoisotopic (exact) mass is 344 g/mol. The number of carboxylic acid groups (broad SMARTS) is 1. The Balaban J connectivity index is 3.69. The molecule has 0 aliphatic carbocycles. The van der Waals surface area contributed by atoms with Gasteiger partial charge in [-0.25, -0.2) is 0 Å². The number of hydrogen-bond acceptors (Lipinski definition) is 2. The van der Waals surface area contributed by atoms with Crippen molar-refractivity contribution in [1.29, 1.82) is 0 Å². The van der Waals surface area contributed by atoms with Crippen molar-refractivity contribution in [3.05, 3.63) is 72.6 Å². The van der Waals surface area contributed by atoms with Gasteiger partial charge in [0.1, 0.15) is 0 Å². The summed E-state index contributed by atoms with van der Waals surface area (Å²) in [5.41, 5.74) is 0. The van der Waals surface area contributed by atoms with E-state index in [1.165, 1.54) is 0 Å². The number of carboxylic acids is 1. The van der Waals surface area contributed by atoms with E-state index in [4.69, 9.17) is 5.11 Å². The second-order valence-electron chi connectivity index (χ2n) is 5.56. The molecule has 0 aromatic carbocycles. The summed E-state index contributed by atoms with van der Waals surface area (Å²) in [7, 11) is 0. The molecule has 0 heterocycles. The van der Waals surface area contributed by atoms with Crippen molar-refractivity contribution in [2.24, 2.45) is 0 Å². The Morgan fingerprint density at radius 1 is 0.720 bits per heavy atom. The molecule has 0 aromatic heterocycles. The molecule has 0 saturated carbocycles. The summed E-state index contributed by atoms with van der Waals surface area (Å²) in [4.78, 5) is 10.3. The molecule has 0 aliphatic rings. The zero-order chi connectivity index (χ0) is 18.6. The maximum absolute atomic E-state index is 10.3. The number of aliphatic carboxylic acids is 1. The highest BCUT2D eigenvalue weighted by Crippen LogP contribution is 2.03. The molecular weight excluding hydrogens is 312 g/mol. The Morgan fingerprint density at radius 3 is 1.84 bits per heavy atom. The quantitative estimate of drug-likeness (QED) is 0.217. The molecule has 3 nitrogen and oxygen atoms in total. The Labute approximate surface area is 152 Å². The maximum Gasteiger partial charge on any atom is 0.303 e. The summed E-state index contributed by atoms with van der Waals surface area (Å²) in [6.45, 7) is 2.10. The number of rotatable bonds is 14. The van der Waals surface area contributed by atoms with Crippen LogP contribution in [0.2, 0.25) is 0 Å². The number of carbonyl (C=O) groups is 1. The molecule has 25 heavy (non-hydrogen) atoms. The molecule has 0 fully saturated rings. The number of hydrogen-bond donors (Lipinski definition) is 2. The van der Waals surface area contributed by atoms with E-state index < -0.39 is 5.97 Å². The summed E-state index contributed by atoms with van der Waals surface area (Å²) in [5, 5.41) is 18.2. The number of aliphatic hydroxyl groups excluding tert-OH is 1. The topological polar surface area (TPSA) is 57.5 Å². The minimum absolute atomic E-state index is 0.194. The van der Waals surface area contributed by atoms with E-state index in [9.17, 15) is 9.90 Å². The molecular formula is C22H32O3. The van der Waals surface area contributed by atoms with E-state index >= 15 is 0 Å². The predicted molar refractivity (Wildman–Crippen MR) is 107 cm³/mol. The van der Waals surface area contributed by atoms with E-state index in [2.05, 4.69) is 43.4 Å². The maximum atomic E-state index is 10.3. The first-order chi connectivity index (χ1) is 12.2. The Bertz CT molecular complexity index is 505. The van der Waals surface area contributed by atoms with Crippen LogP contribution < -0.4 is 0 Å². The van der Waals surface area contributed by atoms with Crippen molar-refractivity contribution < 1.29 is 15.0 Å². The van der Waals surface area contributed by atoms with Gasteiger partial charge in [-0.05, 0) is 44.6 Å². The second kappa shape index (κ2) is 18.1. The Kier molecular flexibility index (Phi) is 16.4. The van der Waals surface area contributed by atoms with E-state index in [0.29, 0.717) is 18.6 Å². The van der Waals surface area contributed by atoms with Gasteiger partial charge in [-0.3, -0.25) is 4.79 Å². The van der Waals surface area contributed by atoms with Crippen LogP contribution in [0.15, 0.2) is 72.6 Å². The Morgan fingerprint density at radius 2 is 1.24 bits per heavy atom. The van der Waals surface area contributed by atoms with Crippen molar-refractivity contribution in [1.82, 2.24) is 0 Å². The fourth-order valence-electron chi connectivity index (χ4n) is 1.90. The third-order valence-corrected chi connectivity index (χ3v) is 3.24. The molecule has 138 valence electrons. The van der Waals surface area contributed by atoms with Crippen LogP contribution in [0.25, 0.3) is 0 Å². The van der Waals surface area contributed by atoms with Gasteiger partial charge < -0.3 is 10.2 Å². The van der Waals surface area contributed by atoms with Crippen LogP contribution in [0.3, 0.4) is 0 Å². The zero-order valence-electron chi connectivity index (χ0n) is 15.3. The lowest BCUT2D eigenvalue weighted by molar-refractivity contribution is -0.136. The summed E-state index contributed by atoms with van der Waals surface area (Å²) >= 11 is 0. The molecule has 0 atom stereocenters. The van der Waals surface area contributed by atoms with Crippen molar-refractivity contribution >= 4 is 5.97 Å². The van der Waals surface area contributed by atoms with E-state index in [1.807, 2.05) is 24.3 Å². The first kappa shape index (κ1) is 22.7. The van der Waals surface area contributed by atoms with Gasteiger partial charge in [0.2, 0.25) is 0 Å². The van der Waals surface area contributed by atoms with Crippen molar-refractivity contribution in [3.63, 3.8) is 0 Å². The smallest absolute Gasteiger partial charge is 0.303 e. The van der Waals surface area contributed by atoms with Crippen molar-refractivity contribution in [3.8, 4) is 0 Å². The summed E-state index contributed by atoms with van der Waals surface area (Å²) in [6, 6.07) is 0. The summed E-state index contributed by atoms with van der Waals surface area (Å²) in [5.74, 6) is -0.338. The average Bonchev–Trinajstić information content (AvgIpc) is 2.58. The summed E-state index contributed by atoms with van der Waals surface area (Å²) < 4.78 is 0. The molecule has 0 unspecified atom stereocenters. The SMILES string of the molecule is CC/C=C\CC/C(O)=C/C=C\C/C=C\C/C=C\C/C=C\CCC(=O)O. The van der Waals surface area contributed by atoms with Crippen LogP contribution in [-0.4, -0.2) is 16.2 Å². The van der Waals surface area contributed by atoms with Gasteiger partial charge >= 0.3 is 5.97 Å². The van der Waals surface area contributed by atoms with Crippen LogP contribution in [0, 0.1) is 0 Å². The normalized spacial score (nSPS) is 13.4. The molecule has 3 heteroatoms. The molecule has 0 amide bonds. The zero-order valence-corrected chi connectivity index (χ0v) is 15.3. The highest BCUT2D eigenvalue weighted by Gasteiger charge is 1.90. The van der Waals surface area contributed by atoms with E-state index in [0.717, 1.165) is 32.1 Å². The van der Waals surface area contributed by atoms with Gasteiger partial charge in [-0.2, -0.15) is 0 Å². The van der Waals surface area contributed by atoms with Crippen LogP contribution >= 0.6 is 0 Å². The van der Waals surface area contributed by atoms with Crippen molar-refractivity contribution in [2.75, 3.05) is 0 Å². The van der Waals surface area contributed by atoms with Crippen LogP contribution in [0.1, 0.15) is 58.3 Å². The molecule has 0 spiro atoms. The van der Waals surface area contributed by atoms with Gasteiger partial charge in [0, 0.05) is 12.8 Å². The second-order valence-corrected chi connectivity index (χ2v) is 5.56. The molecule has 0 bridgehead atoms. The first-order valence-electron chi connectivity index (χ1n) is 9.03. The molecule has 0 aliphatic heterocycles. The fraction of sp³-hybridized carbons (Fsp3) is 0.409. The largest absolute Gasteiger partial charge is 0.512 e. The third-order valence-electron chi connectivity index (χ3n) is 3.24. The number of allylic oxidation sites excluding steroid dienone is 12. The minimum Gasteiger partial charge on any atom is -0.512 e. The molecule has 0 radical (unpaired) electrons. The lowest BCUT2D eigenvalue weighted by Crippen LogP contribution is -1.91. The van der Waals surface area contributed by atoms with Gasteiger partial charge in [0.25, 0.3) is 0 Å². The average molecular weight is 344 g/mol. The molecule has 0 aromatic rings. The lowest BCUT2D eigenvalue weighted by atomic mass is 10.2. The van der Waals surface area contributed by atoms with Crippen LogP contribution in [0.4, 0.5) is 0 Å². The minimum atomic E-state index is -0.755. The van der Waals surface area contributed by atoms with Gasteiger partial charge in [-0.15, -0.1) is 0 Å². The molecule has 0 saturated heterocycles. The third kappa shape index (κ3) is 19.7. The number of aliphatic hydroxyl groups is 1. The van der Waals surface area contributed by atoms with E-state index in [-0.39, 0.29) is 6.42 Å². The van der Waals surface area contributed by atoms with E-state index in [1.54, 1.807) is 6.08 Å². The molecule has 2 N–H and O–H groups in total. The van der Waals surface area contributed by atoms with Crippen LogP contribution in [0.5, 0.6) is 0 Å². The first-order valence-corrected chi connectivity index (χ1v) is 9.03. The van der Waals surface area contributed by atoms with Gasteiger partial charge in [0.05, 0.1) is 5.76 Å².